The highest BCUT2D eigenvalue weighted by molar-refractivity contribution is 9.11. The number of carbonyl (C=O) groups is 1. The molecule has 1 N–H and O–H groups in total. The molecule has 0 radical (unpaired) electrons. The van der Waals surface area contributed by atoms with E-state index < -0.39 is 0 Å². The van der Waals surface area contributed by atoms with Gasteiger partial charge in [-0.05, 0) is 30.5 Å². The molecule has 0 fully saturated rings. The van der Waals surface area contributed by atoms with Gasteiger partial charge in [-0.15, -0.1) is 0 Å². The molecule has 0 saturated heterocycles. The van der Waals surface area contributed by atoms with Gasteiger partial charge in [-0.2, -0.15) is 0 Å². The Kier molecular flexibility index (Phi) is 7.69. The summed E-state index contributed by atoms with van der Waals surface area (Å²) in [6.07, 6.45) is 4.75. The number of unbranched alkanes of at least 4 members (excludes halogenated alkanes) is 1. The molecule has 0 aliphatic heterocycles. The summed E-state index contributed by atoms with van der Waals surface area (Å²) in [4.78, 5) is 12.1. The lowest BCUT2D eigenvalue weighted by Gasteiger charge is -2.15. The molecule has 1 aromatic rings. The van der Waals surface area contributed by atoms with Crippen molar-refractivity contribution in [2.24, 2.45) is 5.92 Å². The van der Waals surface area contributed by atoms with Crippen molar-refractivity contribution in [1.82, 2.24) is 5.32 Å². The predicted molar refractivity (Wildman–Crippen MR) is 87.5 cm³/mol. The van der Waals surface area contributed by atoms with E-state index in [-0.39, 0.29) is 5.91 Å². The highest BCUT2D eigenvalue weighted by Crippen LogP contribution is 2.20. The van der Waals surface area contributed by atoms with Crippen molar-refractivity contribution >= 4 is 37.8 Å². The molecule has 0 aliphatic carbocycles. The smallest absolute Gasteiger partial charge is 0.251 e. The van der Waals surface area contributed by atoms with E-state index in [0.717, 1.165) is 21.9 Å². The van der Waals surface area contributed by atoms with Gasteiger partial charge in [-0.25, -0.2) is 0 Å². The maximum Gasteiger partial charge on any atom is 0.251 e. The summed E-state index contributed by atoms with van der Waals surface area (Å²) >= 11 is 6.80. The van der Waals surface area contributed by atoms with Gasteiger partial charge in [0.1, 0.15) is 0 Å². The van der Waals surface area contributed by atoms with Crippen molar-refractivity contribution in [2.45, 2.75) is 39.5 Å². The molecular weight excluding hydrogens is 370 g/mol. The second kappa shape index (κ2) is 8.75. The summed E-state index contributed by atoms with van der Waals surface area (Å²) in [5.41, 5.74) is 0.687. The van der Waals surface area contributed by atoms with Crippen molar-refractivity contribution in [3.05, 3.63) is 32.7 Å². The number of amides is 1. The normalized spacial score (nSPS) is 12.2. The first-order chi connectivity index (χ1) is 9.06. The fourth-order valence-electron chi connectivity index (χ4n) is 1.97. The van der Waals surface area contributed by atoms with Crippen LogP contribution in [0.4, 0.5) is 0 Å². The van der Waals surface area contributed by atoms with Crippen LogP contribution in [-0.2, 0) is 0 Å². The third-order valence-electron chi connectivity index (χ3n) is 3.22. The van der Waals surface area contributed by atoms with E-state index in [2.05, 4.69) is 51.0 Å². The van der Waals surface area contributed by atoms with E-state index in [4.69, 9.17) is 0 Å². The largest absolute Gasteiger partial charge is 0.352 e. The fourth-order valence-corrected chi connectivity index (χ4v) is 3.26. The standard InChI is InChI=1S/C15H21Br2NO/c1-3-5-6-11(4-2)10-18-15(19)12-7-13(16)9-14(17)8-12/h7-9,11H,3-6,10H2,1-2H3,(H,18,19). The van der Waals surface area contributed by atoms with Gasteiger partial charge in [0.25, 0.3) is 5.91 Å². The molecule has 1 amide bonds. The van der Waals surface area contributed by atoms with Crippen LogP contribution in [0, 0.1) is 5.92 Å². The van der Waals surface area contributed by atoms with Gasteiger partial charge < -0.3 is 5.32 Å². The molecule has 0 saturated carbocycles. The Labute approximate surface area is 132 Å². The van der Waals surface area contributed by atoms with Crippen LogP contribution < -0.4 is 5.32 Å². The SMILES string of the molecule is CCCCC(CC)CNC(=O)c1cc(Br)cc(Br)c1. The lowest BCUT2D eigenvalue weighted by Crippen LogP contribution is -2.29. The van der Waals surface area contributed by atoms with E-state index in [0.29, 0.717) is 11.5 Å². The Hall–Kier alpha value is -0.350. The average Bonchev–Trinajstić information content (AvgIpc) is 2.37. The van der Waals surface area contributed by atoms with Crippen LogP contribution in [0.5, 0.6) is 0 Å². The van der Waals surface area contributed by atoms with Crippen LogP contribution in [-0.4, -0.2) is 12.5 Å². The van der Waals surface area contributed by atoms with Crippen molar-refractivity contribution in [2.75, 3.05) is 6.54 Å². The third-order valence-corrected chi connectivity index (χ3v) is 4.13. The number of rotatable bonds is 7. The summed E-state index contributed by atoms with van der Waals surface area (Å²) in [7, 11) is 0. The van der Waals surface area contributed by atoms with Gasteiger partial charge in [0.15, 0.2) is 0 Å². The molecule has 106 valence electrons. The highest BCUT2D eigenvalue weighted by Gasteiger charge is 2.10. The van der Waals surface area contributed by atoms with Gasteiger partial charge in [0.05, 0.1) is 0 Å². The number of benzene rings is 1. The highest BCUT2D eigenvalue weighted by atomic mass is 79.9. The minimum absolute atomic E-state index is 0.00283. The second-order valence-electron chi connectivity index (χ2n) is 4.78. The molecule has 1 atom stereocenters. The molecule has 0 spiro atoms. The van der Waals surface area contributed by atoms with Gasteiger partial charge in [-0.3, -0.25) is 4.79 Å². The van der Waals surface area contributed by atoms with Crippen LogP contribution in [0.2, 0.25) is 0 Å². The van der Waals surface area contributed by atoms with Gasteiger partial charge in [-0.1, -0.05) is 65.0 Å². The Bertz CT molecular complexity index is 400. The van der Waals surface area contributed by atoms with Crippen molar-refractivity contribution in [1.29, 1.82) is 0 Å². The minimum Gasteiger partial charge on any atom is -0.352 e. The molecule has 4 heteroatoms. The zero-order chi connectivity index (χ0) is 14.3. The molecule has 0 aliphatic rings. The maximum atomic E-state index is 12.1. The van der Waals surface area contributed by atoms with Crippen molar-refractivity contribution in [3.63, 3.8) is 0 Å². The van der Waals surface area contributed by atoms with E-state index in [9.17, 15) is 4.79 Å². The lowest BCUT2D eigenvalue weighted by atomic mass is 9.99. The van der Waals surface area contributed by atoms with E-state index in [1.165, 1.54) is 19.3 Å². The first-order valence-corrected chi connectivity index (χ1v) is 8.39. The average molecular weight is 391 g/mol. The number of carbonyl (C=O) groups excluding carboxylic acids is 1. The van der Waals surface area contributed by atoms with Crippen LogP contribution in [0.1, 0.15) is 49.9 Å². The Balaban J connectivity index is 2.54. The summed E-state index contributed by atoms with van der Waals surface area (Å²) in [5, 5.41) is 3.03. The van der Waals surface area contributed by atoms with Crippen molar-refractivity contribution in [3.8, 4) is 0 Å². The van der Waals surface area contributed by atoms with Crippen molar-refractivity contribution < 1.29 is 4.79 Å². The molecular formula is C15H21Br2NO. The Morgan fingerprint density at radius 2 is 1.84 bits per heavy atom. The molecule has 0 heterocycles. The molecule has 1 unspecified atom stereocenters. The zero-order valence-corrected chi connectivity index (χ0v) is 14.7. The predicted octanol–water partition coefficient (Wildman–Crippen LogP) is 5.16. The quantitative estimate of drug-likeness (QED) is 0.684. The summed E-state index contributed by atoms with van der Waals surface area (Å²) in [6, 6.07) is 5.60. The van der Waals surface area contributed by atoms with Crippen LogP contribution in [0.15, 0.2) is 27.1 Å². The Morgan fingerprint density at radius 3 is 2.37 bits per heavy atom. The number of hydrogen-bond donors (Lipinski definition) is 1. The molecule has 0 bridgehead atoms. The number of nitrogens with one attached hydrogen (secondary N) is 1. The number of halogens is 2. The van der Waals surface area contributed by atoms with Gasteiger partial charge in [0.2, 0.25) is 0 Å². The Morgan fingerprint density at radius 1 is 1.21 bits per heavy atom. The van der Waals surface area contributed by atoms with E-state index in [1.807, 2.05) is 18.2 Å². The summed E-state index contributed by atoms with van der Waals surface area (Å²) in [5.74, 6) is 0.580. The molecule has 1 aromatic carbocycles. The van der Waals surface area contributed by atoms with Gasteiger partial charge in [0, 0.05) is 21.1 Å². The van der Waals surface area contributed by atoms with Crippen LogP contribution >= 0.6 is 31.9 Å². The van der Waals surface area contributed by atoms with E-state index in [1.54, 1.807) is 0 Å². The summed E-state index contributed by atoms with van der Waals surface area (Å²) < 4.78 is 1.81. The zero-order valence-electron chi connectivity index (χ0n) is 11.5. The maximum absolute atomic E-state index is 12.1. The summed E-state index contributed by atoms with van der Waals surface area (Å²) in [6.45, 7) is 5.14. The van der Waals surface area contributed by atoms with Crippen LogP contribution in [0.3, 0.4) is 0 Å². The molecule has 1 rings (SSSR count). The van der Waals surface area contributed by atoms with E-state index >= 15 is 0 Å². The second-order valence-corrected chi connectivity index (χ2v) is 6.62. The molecule has 2 nitrogen and oxygen atoms in total. The molecule has 19 heavy (non-hydrogen) atoms. The van der Waals surface area contributed by atoms with Crippen LogP contribution in [0.25, 0.3) is 0 Å². The lowest BCUT2D eigenvalue weighted by molar-refractivity contribution is 0.0945. The fraction of sp³-hybridized carbons (Fsp3) is 0.533. The first kappa shape index (κ1) is 16.7. The third kappa shape index (κ3) is 6.09. The number of hydrogen-bond acceptors (Lipinski definition) is 1. The topological polar surface area (TPSA) is 29.1 Å². The molecule has 0 aromatic heterocycles. The minimum atomic E-state index is -0.00283. The monoisotopic (exact) mass is 389 g/mol. The first-order valence-electron chi connectivity index (χ1n) is 6.81. The van der Waals surface area contributed by atoms with Gasteiger partial charge >= 0.3 is 0 Å².